The van der Waals surface area contributed by atoms with Crippen LogP contribution >= 0.6 is 23.2 Å². The Morgan fingerprint density at radius 1 is 0.655 bits per heavy atom. The zero-order chi connectivity index (χ0) is 38.6. The van der Waals surface area contributed by atoms with E-state index in [-0.39, 0.29) is 88.2 Å². The average Bonchev–Trinajstić information content (AvgIpc) is 3.06. The Morgan fingerprint density at radius 3 is 1.64 bits per heavy atom. The van der Waals surface area contributed by atoms with Crippen molar-refractivity contribution in [1.29, 1.82) is 0 Å². The van der Waals surface area contributed by atoms with Gasteiger partial charge < -0.3 is 99.2 Å². The van der Waals surface area contributed by atoms with Crippen LogP contribution in [0.1, 0.15) is 5.56 Å². The minimum absolute atomic E-state index is 0. The Hall–Kier alpha value is -6.39. The van der Waals surface area contributed by atoms with Gasteiger partial charge in [0.05, 0.1) is 66.5 Å². The van der Waals surface area contributed by atoms with E-state index < -0.39 is 61.2 Å². The van der Waals surface area contributed by atoms with Gasteiger partial charge in [-0.25, -0.2) is 0 Å². The van der Waals surface area contributed by atoms with E-state index in [9.17, 15) is 49.5 Å². The van der Waals surface area contributed by atoms with Crippen LogP contribution in [0.5, 0.6) is 17.2 Å². The molecule has 1 aliphatic heterocycles. The summed E-state index contributed by atoms with van der Waals surface area (Å²) in [6.07, 6.45) is 0. The Bertz CT molecular complexity index is 2260. The molecule has 1 heterocycles. The summed E-state index contributed by atoms with van der Waals surface area (Å²) in [5, 5.41) is 58.5. The molecule has 20 N–H and O–H groups in total. The van der Waals surface area contributed by atoms with Crippen LogP contribution in [0.2, 0.25) is 10.0 Å². The van der Waals surface area contributed by atoms with Crippen molar-refractivity contribution in [2.24, 2.45) is 0 Å². The number of carboxylic acid groups (broad SMARTS) is 4. The summed E-state index contributed by atoms with van der Waals surface area (Å²) in [6, 6.07) is 13.9. The minimum atomic E-state index is -1.61. The Labute approximate surface area is 340 Å². The van der Waals surface area contributed by atoms with Gasteiger partial charge in [0.25, 0.3) is 0 Å². The van der Waals surface area contributed by atoms with E-state index >= 15 is 0 Å². The second-order valence-electron chi connectivity index (χ2n) is 11.6. The summed E-state index contributed by atoms with van der Waals surface area (Å²) >= 11 is 12.4. The van der Waals surface area contributed by atoms with Crippen molar-refractivity contribution >= 4 is 69.4 Å². The number of nitrogens with zero attached hydrogens (tertiary/aromatic N) is 2. The number of ether oxygens (including phenoxy) is 2. The lowest BCUT2D eigenvalue weighted by Gasteiger charge is -2.29. The molecule has 0 fully saturated rings. The standard InChI is InChI=1S/C36H30Cl2N2O13.5H3N/c1-18-2-4-24(39(14-32(43)44)15-33(45)46)30(8-18)51-6-7-52-31-9-19(3-5-25(31)40(16-34(47)48)17-35(49)50)36-20-10-22(37)26(41)12-28(20)53-29-13-27(42)23(38)11-21(29)36;;;;;/h2-5,8-13,41H,6-7,14-17H2,1H3,(H,43,44)(H,45,46)(H,47,48)(H,49,50);5*1H3. The molecule has 58 heavy (non-hydrogen) atoms. The van der Waals surface area contributed by atoms with Gasteiger partial charge in [0.15, 0.2) is 0 Å². The molecular weight excluding hydrogens is 809 g/mol. The summed E-state index contributed by atoms with van der Waals surface area (Å²) in [7, 11) is 0. The molecule has 1 aliphatic carbocycles. The maximum atomic E-state index is 12.4. The third-order valence-electron chi connectivity index (χ3n) is 7.75. The van der Waals surface area contributed by atoms with E-state index in [1.807, 2.05) is 0 Å². The number of rotatable bonds is 16. The minimum Gasteiger partial charge on any atom is -0.871 e. The number of hydrogen-bond donors (Lipinski definition) is 5. The van der Waals surface area contributed by atoms with Gasteiger partial charge in [-0.15, -0.1) is 0 Å². The van der Waals surface area contributed by atoms with Crippen molar-refractivity contribution in [2.75, 3.05) is 49.2 Å². The first-order valence-corrected chi connectivity index (χ1v) is 16.2. The lowest BCUT2D eigenvalue weighted by Crippen LogP contribution is -2.44. The highest BCUT2D eigenvalue weighted by molar-refractivity contribution is 6.33. The number of quaternary nitrogens is 5. The molecule has 0 saturated heterocycles. The van der Waals surface area contributed by atoms with Crippen molar-refractivity contribution in [3.05, 3.63) is 86.5 Å². The summed E-state index contributed by atoms with van der Waals surface area (Å²) in [5.41, 5.74) is 1.34. The van der Waals surface area contributed by atoms with Crippen LogP contribution in [0.15, 0.2) is 69.9 Å². The summed E-state index contributed by atoms with van der Waals surface area (Å²) < 4.78 is 17.8. The molecule has 0 saturated carbocycles. The molecule has 0 spiro atoms. The first-order valence-electron chi connectivity index (χ1n) is 15.5. The van der Waals surface area contributed by atoms with Crippen LogP contribution in [-0.2, 0) is 19.2 Å². The highest BCUT2D eigenvalue weighted by Gasteiger charge is 2.22. The molecule has 2 aliphatic rings. The number of benzene rings is 4. The second kappa shape index (κ2) is 21.8. The number of carbonyl (C=O) groups excluding carboxylic acids is 4. The van der Waals surface area contributed by atoms with Crippen LogP contribution in [0.4, 0.5) is 11.4 Å². The molecule has 0 unspecified atom stereocenters. The molecule has 5 rings (SSSR count). The average molecular weight is 855 g/mol. The molecular formula is C36H45Cl2N7O13. The predicted octanol–water partition coefficient (Wildman–Crippen LogP) is 1.20. The van der Waals surface area contributed by atoms with Crippen LogP contribution in [-0.4, -0.2) is 63.3 Å². The van der Waals surface area contributed by atoms with Crippen molar-refractivity contribution in [3.8, 4) is 39.7 Å². The van der Waals surface area contributed by atoms with Crippen LogP contribution in [0, 0.1) is 6.92 Å². The highest BCUT2D eigenvalue weighted by atomic mass is 35.5. The Kier molecular flexibility index (Phi) is 19.4. The fourth-order valence-electron chi connectivity index (χ4n) is 5.63. The van der Waals surface area contributed by atoms with E-state index in [1.54, 1.807) is 13.0 Å². The SMILES string of the molecule is Cc1ccc(N(CC(=O)[O-])CC(=O)[O-])c(OCCOc2cc(-c3c4cc(Cl)c(=O)cc-4oc4cc([O-])c(Cl)cc34)ccc2N(CC(=O)[O-])CC(=O)[O-])c1.[NH4+].[NH4+].[NH4+].[NH4+].[NH4+]. The zero-order valence-electron chi connectivity index (χ0n) is 32.5. The van der Waals surface area contributed by atoms with Crippen molar-refractivity contribution in [2.45, 2.75) is 6.92 Å². The fourth-order valence-corrected chi connectivity index (χ4v) is 5.95. The van der Waals surface area contributed by atoms with E-state index in [1.165, 1.54) is 42.5 Å². The van der Waals surface area contributed by atoms with Crippen LogP contribution < -0.4 is 81.0 Å². The Balaban J connectivity index is 0.00000650. The Morgan fingerprint density at radius 2 is 1.14 bits per heavy atom. The number of hydrogen-bond acceptors (Lipinski definition) is 15. The maximum absolute atomic E-state index is 12.4. The molecule has 0 radical (unpaired) electrons. The fraction of sp³-hybridized carbons (Fsp3) is 0.194. The molecule has 3 aromatic rings. The topological polar surface area (TPSA) is 421 Å². The number of fused-ring (bicyclic) bond motifs is 2. The lowest BCUT2D eigenvalue weighted by atomic mass is 9.93. The first-order chi connectivity index (χ1) is 25.1. The first kappa shape index (κ1) is 51.6. The lowest BCUT2D eigenvalue weighted by molar-refractivity contribution is -0.307. The quantitative estimate of drug-likeness (QED) is 0.0688. The molecule has 0 aromatic heterocycles. The zero-order valence-corrected chi connectivity index (χ0v) is 34.0. The number of carboxylic acids is 4. The van der Waals surface area contributed by atoms with Gasteiger partial charge in [-0.05, 0) is 60.5 Å². The summed E-state index contributed by atoms with van der Waals surface area (Å²) in [4.78, 5) is 60.3. The number of anilines is 2. The van der Waals surface area contributed by atoms with Gasteiger partial charge in [-0.3, -0.25) is 4.79 Å². The van der Waals surface area contributed by atoms with E-state index in [0.717, 1.165) is 21.9 Å². The molecule has 20 nitrogen and oxygen atoms in total. The summed E-state index contributed by atoms with van der Waals surface area (Å²) in [6.45, 7) is -2.13. The highest BCUT2D eigenvalue weighted by Crippen LogP contribution is 2.45. The summed E-state index contributed by atoms with van der Waals surface area (Å²) in [5.74, 6) is -6.77. The van der Waals surface area contributed by atoms with E-state index in [0.29, 0.717) is 27.6 Å². The number of aliphatic carboxylic acids is 4. The van der Waals surface area contributed by atoms with Crippen molar-refractivity contribution in [3.63, 3.8) is 0 Å². The number of carbonyl (C=O) groups is 4. The van der Waals surface area contributed by atoms with Gasteiger partial charge in [-0.1, -0.05) is 41.1 Å². The molecule has 0 bridgehead atoms. The van der Waals surface area contributed by atoms with Crippen LogP contribution in [0.25, 0.3) is 33.4 Å². The molecule has 22 heteroatoms. The number of aryl methyl sites for hydroxylation is 1. The second-order valence-corrected chi connectivity index (χ2v) is 12.4. The monoisotopic (exact) mass is 853 g/mol. The molecule has 316 valence electrons. The van der Waals surface area contributed by atoms with Gasteiger partial charge >= 0.3 is 0 Å². The number of halogens is 2. The van der Waals surface area contributed by atoms with Crippen LogP contribution in [0.3, 0.4) is 0 Å². The molecule has 3 aromatic carbocycles. The van der Waals surface area contributed by atoms with Crippen molar-refractivity contribution < 1.29 is 58.6 Å². The van der Waals surface area contributed by atoms with Gasteiger partial charge in [-0.2, -0.15) is 0 Å². The predicted molar refractivity (Wildman–Crippen MR) is 211 cm³/mol. The van der Waals surface area contributed by atoms with Gasteiger partial charge in [0.1, 0.15) is 36.1 Å². The molecule has 0 atom stereocenters. The largest absolute Gasteiger partial charge is 0.871 e. The third kappa shape index (κ3) is 12.1. The van der Waals surface area contributed by atoms with E-state index in [4.69, 9.17) is 37.1 Å². The van der Waals surface area contributed by atoms with Crippen molar-refractivity contribution in [1.82, 2.24) is 30.8 Å². The third-order valence-corrected chi connectivity index (χ3v) is 8.34. The van der Waals surface area contributed by atoms with Gasteiger partial charge in [0, 0.05) is 27.6 Å². The van der Waals surface area contributed by atoms with E-state index in [2.05, 4.69) is 0 Å². The normalized spacial score (nSPS) is 10.1. The maximum Gasteiger partial charge on any atom is 0.200 e. The van der Waals surface area contributed by atoms with Gasteiger partial charge in [0.2, 0.25) is 5.43 Å². The molecule has 0 amide bonds. The smallest absolute Gasteiger partial charge is 0.200 e.